The lowest BCUT2D eigenvalue weighted by Crippen LogP contribution is -2.26. The zero-order valence-electron chi connectivity index (χ0n) is 21.8. The highest BCUT2D eigenvalue weighted by atomic mass is 16.5. The number of aromatic nitrogens is 5. The van der Waals surface area contributed by atoms with Crippen LogP contribution in [0, 0.1) is 6.92 Å². The van der Waals surface area contributed by atoms with E-state index in [1.165, 1.54) is 31.5 Å². The Morgan fingerprint density at radius 2 is 1.71 bits per heavy atom. The van der Waals surface area contributed by atoms with Gasteiger partial charge in [0.2, 0.25) is 5.82 Å². The van der Waals surface area contributed by atoms with E-state index >= 15 is 0 Å². The topological polar surface area (TPSA) is 76.9 Å². The summed E-state index contributed by atoms with van der Waals surface area (Å²) in [5, 5.41) is 7.67. The minimum atomic E-state index is 0.522. The molecule has 8 nitrogen and oxygen atoms in total. The van der Waals surface area contributed by atoms with Gasteiger partial charge in [0.05, 0.1) is 5.56 Å². The van der Waals surface area contributed by atoms with Crippen molar-refractivity contribution in [2.75, 3.05) is 31.5 Å². The van der Waals surface area contributed by atoms with Crippen LogP contribution in [-0.4, -0.2) is 55.3 Å². The molecule has 0 radical (unpaired) electrons. The minimum absolute atomic E-state index is 0.522. The Bertz CT molecular complexity index is 1440. The number of aryl methyl sites for hydroxylation is 1. The molecule has 0 unspecified atom stereocenters. The van der Waals surface area contributed by atoms with Gasteiger partial charge in [-0.3, -0.25) is 0 Å². The molecule has 194 valence electrons. The second kappa shape index (κ2) is 11.1. The third kappa shape index (κ3) is 5.70. The smallest absolute Gasteiger partial charge is 0.259 e. The van der Waals surface area contributed by atoms with Crippen molar-refractivity contribution < 1.29 is 4.52 Å². The molecule has 0 spiro atoms. The van der Waals surface area contributed by atoms with Crippen molar-refractivity contribution in [2.24, 2.45) is 0 Å². The highest BCUT2D eigenvalue weighted by molar-refractivity contribution is 5.60. The molecular weight excluding hydrogens is 474 g/mol. The summed E-state index contributed by atoms with van der Waals surface area (Å²) in [5.41, 5.74) is 5.35. The normalized spacial score (nSPS) is 13.8. The maximum absolute atomic E-state index is 5.63. The number of pyridine rings is 1. The first-order valence-electron chi connectivity index (χ1n) is 13.3. The van der Waals surface area contributed by atoms with Gasteiger partial charge in [0.15, 0.2) is 0 Å². The van der Waals surface area contributed by atoms with Crippen molar-refractivity contribution >= 4 is 5.82 Å². The Kier molecular flexibility index (Phi) is 7.04. The van der Waals surface area contributed by atoms with Gasteiger partial charge in [-0.1, -0.05) is 35.5 Å². The summed E-state index contributed by atoms with van der Waals surface area (Å²) in [5.74, 6) is 2.04. The summed E-state index contributed by atoms with van der Waals surface area (Å²) in [7, 11) is 0. The molecule has 8 heteroatoms. The van der Waals surface area contributed by atoms with Crippen LogP contribution < -0.4 is 5.32 Å². The lowest BCUT2D eigenvalue weighted by Gasteiger charge is -2.15. The highest BCUT2D eigenvalue weighted by Gasteiger charge is 2.14. The van der Waals surface area contributed by atoms with Crippen LogP contribution in [0.2, 0.25) is 0 Å². The van der Waals surface area contributed by atoms with E-state index in [4.69, 9.17) is 4.52 Å². The first kappa shape index (κ1) is 24.2. The predicted molar refractivity (Wildman–Crippen MR) is 149 cm³/mol. The number of nitrogens with zero attached hydrogens (tertiary/aromatic N) is 6. The average Bonchev–Trinajstić information content (AvgIpc) is 3.75. The second-order valence-electron chi connectivity index (χ2n) is 10.0. The van der Waals surface area contributed by atoms with E-state index in [-0.39, 0.29) is 0 Å². The summed E-state index contributed by atoms with van der Waals surface area (Å²) >= 11 is 0. The molecule has 0 bridgehead atoms. The van der Waals surface area contributed by atoms with E-state index < -0.39 is 0 Å². The minimum Gasteiger partial charge on any atom is -0.369 e. The molecule has 1 fully saturated rings. The number of rotatable bonds is 10. The van der Waals surface area contributed by atoms with Crippen molar-refractivity contribution in [3.05, 3.63) is 96.2 Å². The van der Waals surface area contributed by atoms with E-state index in [0.29, 0.717) is 11.7 Å². The monoisotopic (exact) mass is 507 g/mol. The van der Waals surface area contributed by atoms with E-state index in [2.05, 4.69) is 90.3 Å². The summed E-state index contributed by atoms with van der Waals surface area (Å²) in [4.78, 5) is 11.8. The zero-order chi connectivity index (χ0) is 25.7. The number of hydrogen-bond acceptors (Lipinski definition) is 6. The summed E-state index contributed by atoms with van der Waals surface area (Å²) in [6.07, 6.45) is 10.8. The molecule has 6 rings (SSSR count). The predicted octanol–water partition coefficient (Wildman–Crippen LogP) is 5.31. The molecule has 38 heavy (non-hydrogen) atoms. The Hall–Kier alpha value is -4.17. The Morgan fingerprint density at radius 3 is 2.47 bits per heavy atom. The maximum Gasteiger partial charge on any atom is 0.259 e. The van der Waals surface area contributed by atoms with Crippen LogP contribution in [0.15, 0.2) is 83.9 Å². The molecule has 0 saturated carbocycles. The van der Waals surface area contributed by atoms with E-state index in [1.54, 1.807) is 0 Å². The molecule has 5 heterocycles. The molecule has 1 N–H and O–H groups in total. The fraction of sp³-hybridized carbons (Fsp3) is 0.300. The molecule has 0 aliphatic carbocycles. The van der Waals surface area contributed by atoms with Crippen LogP contribution in [0.1, 0.15) is 29.7 Å². The van der Waals surface area contributed by atoms with Gasteiger partial charge in [-0.25, -0.2) is 4.98 Å². The third-order valence-electron chi connectivity index (χ3n) is 7.14. The molecule has 1 aliphatic heterocycles. The molecular formula is C30H33N7O. The van der Waals surface area contributed by atoms with Crippen molar-refractivity contribution in [2.45, 2.75) is 32.9 Å². The van der Waals surface area contributed by atoms with Gasteiger partial charge < -0.3 is 23.9 Å². The number of likely N-dealkylation sites (tertiary alicyclic amines) is 1. The largest absolute Gasteiger partial charge is 0.369 e. The molecule has 0 amide bonds. The Morgan fingerprint density at radius 1 is 0.921 bits per heavy atom. The van der Waals surface area contributed by atoms with Crippen LogP contribution in [0.5, 0.6) is 0 Å². The van der Waals surface area contributed by atoms with Crippen LogP contribution in [0.3, 0.4) is 0 Å². The second-order valence-corrected chi connectivity index (χ2v) is 10.0. The van der Waals surface area contributed by atoms with Crippen LogP contribution >= 0.6 is 0 Å². The van der Waals surface area contributed by atoms with Crippen LogP contribution in [0.4, 0.5) is 5.82 Å². The van der Waals surface area contributed by atoms with E-state index in [1.807, 2.05) is 30.5 Å². The molecule has 1 saturated heterocycles. The van der Waals surface area contributed by atoms with Gasteiger partial charge in [0.25, 0.3) is 5.89 Å². The highest BCUT2D eigenvalue weighted by Crippen LogP contribution is 2.25. The molecule has 5 aromatic rings. The van der Waals surface area contributed by atoms with Gasteiger partial charge in [0.1, 0.15) is 5.82 Å². The number of benzene rings is 1. The fourth-order valence-corrected chi connectivity index (χ4v) is 4.97. The summed E-state index contributed by atoms with van der Waals surface area (Å²) in [6, 6.07) is 18.6. The SMILES string of the molecule is Cc1cc(-c2nc(-c3ccc(Cn4cccc4)cc3)no2)cn1Cc1ccc(NCCN2CCCC2)nc1. The van der Waals surface area contributed by atoms with Gasteiger partial charge in [-0.15, -0.1) is 0 Å². The lowest BCUT2D eigenvalue weighted by molar-refractivity contribution is 0.352. The number of anilines is 1. The van der Waals surface area contributed by atoms with Gasteiger partial charge in [-0.05, 0) is 68.2 Å². The third-order valence-corrected chi connectivity index (χ3v) is 7.14. The summed E-state index contributed by atoms with van der Waals surface area (Å²) < 4.78 is 9.96. The lowest BCUT2D eigenvalue weighted by atomic mass is 10.1. The molecule has 1 aromatic carbocycles. The van der Waals surface area contributed by atoms with Crippen LogP contribution in [-0.2, 0) is 13.1 Å². The van der Waals surface area contributed by atoms with Crippen molar-refractivity contribution in [3.63, 3.8) is 0 Å². The average molecular weight is 508 g/mol. The van der Waals surface area contributed by atoms with Gasteiger partial charge in [0, 0.05) is 62.2 Å². The summed E-state index contributed by atoms with van der Waals surface area (Å²) in [6.45, 7) is 8.11. The molecule has 1 aliphatic rings. The first-order valence-corrected chi connectivity index (χ1v) is 13.3. The standard InChI is InChI=1S/C30H33N7O/c1-23-18-27(22-37(23)21-25-8-11-28(32-19-25)31-12-17-35-13-2-3-14-35)30-33-29(34-38-30)26-9-6-24(7-10-26)20-36-15-4-5-16-36/h4-11,15-16,18-19,22H,2-3,12-14,17,20-21H2,1H3,(H,31,32). The van der Waals surface area contributed by atoms with E-state index in [9.17, 15) is 0 Å². The number of nitrogens with one attached hydrogen (secondary N) is 1. The van der Waals surface area contributed by atoms with Crippen LogP contribution in [0.25, 0.3) is 22.8 Å². The molecule has 0 atom stereocenters. The van der Waals surface area contributed by atoms with E-state index in [0.717, 1.165) is 54.4 Å². The van der Waals surface area contributed by atoms with Gasteiger partial charge in [-0.2, -0.15) is 4.98 Å². The Labute approximate surface area is 222 Å². The van der Waals surface area contributed by atoms with Gasteiger partial charge >= 0.3 is 0 Å². The maximum atomic E-state index is 5.63. The zero-order valence-corrected chi connectivity index (χ0v) is 21.8. The fourth-order valence-electron chi connectivity index (χ4n) is 4.97. The number of hydrogen-bond donors (Lipinski definition) is 1. The van der Waals surface area contributed by atoms with Crippen molar-refractivity contribution in [3.8, 4) is 22.8 Å². The first-order chi connectivity index (χ1) is 18.7. The quantitative estimate of drug-likeness (QED) is 0.276. The molecule has 4 aromatic heterocycles. The Balaban J connectivity index is 1.07. The van der Waals surface area contributed by atoms with Crippen molar-refractivity contribution in [1.82, 2.24) is 29.2 Å². The van der Waals surface area contributed by atoms with Crippen molar-refractivity contribution in [1.29, 1.82) is 0 Å².